The Kier molecular flexibility index (Phi) is 4.09. The molecule has 0 saturated carbocycles. The Balaban J connectivity index is 2.63. The van der Waals surface area contributed by atoms with Crippen LogP contribution in [0.1, 0.15) is 51.0 Å². The zero-order chi connectivity index (χ0) is 15.0. The predicted octanol–water partition coefficient (Wildman–Crippen LogP) is 4.80. The second kappa shape index (κ2) is 5.49. The van der Waals surface area contributed by atoms with Crippen LogP contribution >= 0.6 is 11.6 Å². The summed E-state index contributed by atoms with van der Waals surface area (Å²) in [6.45, 7) is 10.5. The highest BCUT2D eigenvalue weighted by Crippen LogP contribution is 2.33. The van der Waals surface area contributed by atoms with Gasteiger partial charge in [0.2, 0.25) is 0 Å². The van der Waals surface area contributed by atoms with E-state index in [1.54, 1.807) is 0 Å². The van der Waals surface area contributed by atoms with Gasteiger partial charge in [-0.2, -0.15) is 0 Å². The van der Waals surface area contributed by atoms with Crippen LogP contribution in [0.15, 0.2) is 18.2 Å². The summed E-state index contributed by atoms with van der Waals surface area (Å²) in [5, 5.41) is 0.743. The first-order valence-corrected chi connectivity index (χ1v) is 7.34. The molecule has 0 saturated heterocycles. The Morgan fingerprint density at radius 3 is 2.30 bits per heavy atom. The number of benzene rings is 1. The molecule has 3 nitrogen and oxygen atoms in total. The summed E-state index contributed by atoms with van der Waals surface area (Å²) in [5.74, 6) is 2.06. The molecule has 2 N–H and O–H groups in total. The van der Waals surface area contributed by atoms with Gasteiger partial charge in [0.15, 0.2) is 0 Å². The largest absolute Gasteiger partial charge is 0.383 e. The van der Waals surface area contributed by atoms with Crippen molar-refractivity contribution in [1.82, 2.24) is 9.55 Å². The molecule has 0 radical (unpaired) electrons. The van der Waals surface area contributed by atoms with E-state index in [4.69, 9.17) is 22.3 Å². The number of halogens is 1. The standard InChI is InChI=1S/C16H22ClN3/c1-9(2)16-19-14(15(18)20(16)10(3)4)12-7-6-11(5)13(17)8-12/h6-10H,18H2,1-5H3. The molecule has 0 aliphatic heterocycles. The van der Waals surface area contributed by atoms with Crippen LogP contribution in [-0.2, 0) is 0 Å². The van der Waals surface area contributed by atoms with E-state index in [1.165, 1.54) is 0 Å². The minimum Gasteiger partial charge on any atom is -0.383 e. The second-order valence-corrected chi connectivity index (χ2v) is 6.19. The molecule has 0 amide bonds. The molecule has 0 fully saturated rings. The number of nitrogens with two attached hydrogens (primary N) is 1. The minimum absolute atomic E-state index is 0.287. The summed E-state index contributed by atoms with van der Waals surface area (Å²) >= 11 is 6.21. The van der Waals surface area contributed by atoms with E-state index in [1.807, 2.05) is 25.1 Å². The van der Waals surface area contributed by atoms with Crippen LogP contribution in [0.5, 0.6) is 0 Å². The maximum absolute atomic E-state index is 6.32. The highest BCUT2D eigenvalue weighted by atomic mass is 35.5. The van der Waals surface area contributed by atoms with Crippen LogP contribution in [0.4, 0.5) is 5.82 Å². The molecule has 0 bridgehead atoms. The molecule has 0 spiro atoms. The lowest BCUT2D eigenvalue weighted by Crippen LogP contribution is -2.10. The summed E-state index contributed by atoms with van der Waals surface area (Å²) in [7, 11) is 0. The molecule has 1 aromatic heterocycles. The second-order valence-electron chi connectivity index (χ2n) is 5.79. The van der Waals surface area contributed by atoms with Gasteiger partial charge in [-0.3, -0.25) is 0 Å². The zero-order valence-corrected chi connectivity index (χ0v) is 13.5. The third kappa shape index (κ3) is 2.55. The zero-order valence-electron chi connectivity index (χ0n) is 12.7. The van der Waals surface area contributed by atoms with Crippen molar-refractivity contribution < 1.29 is 0 Å². The number of nitrogens with zero attached hydrogens (tertiary/aromatic N) is 2. The van der Waals surface area contributed by atoms with E-state index < -0.39 is 0 Å². The monoisotopic (exact) mass is 291 g/mol. The van der Waals surface area contributed by atoms with E-state index in [9.17, 15) is 0 Å². The van der Waals surface area contributed by atoms with Crippen molar-refractivity contribution >= 4 is 17.4 Å². The van der Waals surface area contributed by atoms with Gasteiger partial charge in [-0.05, 0) is 32.4 Å². The number of hydrogen-bond donors (Lipinski definition) is 1. The van der Waals surface area contributed by atoms with Gasteiger partial charge in [0.1, 0.15) is 17.3 Å². The van der Waals surface area contributed by atoms with Gasteiger partial charge in [0.25, 0.3) is 0 Å². The molecule has 2 aromatic rings. The van der Waals surface area contributed by atoms with Gasteiger partial charge >= 0.3 is 0 Å². The lowest BCUT2D eigenvalue weighted by Gasteiger charge is -2.15. The smallest absolute Gasteiger partial charge is 0.131 e. The van der Waals surface area contributed by atoms with Crippen molar-refractivity contribution in [1.29, 1.82) is 0 Å². The third-order valence-electron chi connectivity index (χ3n) is 3.45. The molecule has 4 heteroatoms. The Bertz CT molecular complexity index is 627. The highest BCUT2D eigenvalue weighted by Gasteiger charge is 2.20. The molecule has 1 aromatic carbocycles. The fraction of sp³-hybridized carbons (Fsp3) is 0.438. The van der Waals surface area contributed by atoms with Gasteiger partial charge < -0.3 is 10.3 Å². The van der Waals surface area contributed by atoms with Crippen LogP contribution in [0.25, 0.3) is 11.3 Å². The SMILES string of the molecule is Cc1ccc(-c2nc(C(C)C)n(C(C)C)c2N)cc1Cl. The molecule has 0 atom stereocenters. The quantitative estimate of drug-likeness (QED) is 0.883. The summed E-state index contributed by atoms with van der Waals surface area (Å²) < 4.78 is 2.10. The van der Waals surface area contributed by atoms with Gasteiger partial charge in [-0.1, -0.05) is 37.6 Å². The maximum atomic E-state index is 6.32. The number of imidazole rings is 1. The summed E-state index contributed by atoms with van der Waals surface area (Å²) in [5.41, 5.74) is 9.17. The van der Waals surface area contributed by atoms with Crippen LogP contribution in [-0.4, -0.2) is 9.55 Å². The van der Waals surface area contributed by atoms with Crippen molar-refractivity contribution in [2.75, 3.05) is 5.73 Å². The molecule has 1 heterocycles. The first kappa shape index (κ1) is 14.9. The Labute approximate surface area is 125 Å². The van der Waals surface area contributed by atoms with E-state index in [0.29, 0.717) is 11.7 Å². The Morgan fingerprint density at radius 2 is 1.85 bits per heavy atom. The fourth-order valence-corrected chi connectivity index (χ4v) is 2.55. The van der Waals surface area contributed by atoms with Crippen LogP contribution in [0, 0.1) is 6.92 Å². The first-order chi connectivity index (χ1) is 9.32. The minimum atomic E-state index is 0.287. The molecular weight excluding hydrogens is 270 g/mol. The summed E-state index contributed by atoms with van der Waals surface area (Å²) in [6.07, 6.45) is 0. The van der Waals surface area contributed by atoms with Crippen molar-refractivity contribution in [3.8, 4) is 11.3 Å². The number of aryl methyl sites for hydroxylation is 1. The molecular formula is C16H22ClN3. The van der Waals surface area contributed by atoms with E-state index in [-0.39, 0.29) is 6.04 Å². The van der Waals surface area contributed by atoms with Crippen molar-refractivity contribution in [3.63, 3.8) is 0 Å². The summed E-state index contributed by atoms with van der Waals surface area (Å²) in [6, 6.07) is 6.24. The lowest BCUT2D eigenvalue weighted by molar-refractivity contribution is 0.556. The molecule has 0 aliphatic carbocycles. The lowest BCUT2D eigenvalue weighted by atomic mass is 10.1. The van der Waals surface area contributed by atoms with Crippen LogP contribution in [0.2, 0.25) is 5.02 Å². The molecule has 20 heavy (non-hydrogen) atoms. The third-order valence-corrected chi connectivity index (χ3v) is 3.86. The number of hydrogen-bond acceptors (Lipinski definition) is 2. The van der Waals surface area contributed by atoms with Gasteiger partial charge in [-0.15, -0.1) is 0 Å². The number of rotatable bonds is 3. The van der Waals surface area contributed by atoms with Crippen molar-refractivity contribution in [3.05, 3.63) is 34.6 Å². The van der Waals surface area contributed by atoms with Crippen LogP contribution < -0.4 is 5.73 Å². The molecule has 0 aliphatic rings. The number of nitrogen functional groups attached to an aromatic ring is 1. The fourth-order valence-electron chi connectivity index (χ4n) is 2.37. The molecule has 108 valence electrons. The average molecular weight is 292 g/mol. The molecule has 0 unspecified atom stereocenters. The van der Waals surface area contributed by atoms with Crippen LogP contribution in [0.3, 0.4) is 0 Å². The maximum Gasteiger partial charge on any atom is 0.131 e. The Hall–Kier alpha value is -1.48. The van der Waals surface area contributed by atoms with Gasteiger partial charge in [-0.25, -0.2) is 4.98 Å². The Morgan fingerprint density at radius 1 is 1.20 bits per heavy atom. The molecule has 2 rings (SSSR count). The van der Waals surface area contributed by atoms with Gasteiger partial charge in [0, 0.05) is 22.5 Å². The van der Waals surface area contributed by atoms with Crippen molar-refractivity contribution in [2.45, 2.75) is 46.6 Å². The topological polar surface area (TPSA) is 43.8 Å². The normalized spacial score (nSPS) is 11.6. The highest BCUT2D eigenvalue weighted by molar-refractivity contribution is 6.31. The van der Waals surface area contributed by atoms with E-state index in [2.05, 4.69) is 32.3 Å². The van der Waals surface area contributed by atoms with E-state index >= 15 is 0 Å². The van der Waals surface area contributed by atoms with Gasteiger partial charge in [0.05, 0.1) is 0 Å². The predicted molar refractivity (Wildman–Crippen MR) is 86.3 cm³/mol. The van der Waals surface area contributed by atoms with E-state index in [0.717, 1.165) is 27.7 Å². The van der Waals surface area contributed by atoms with Crippen molar-refractivity contribution in [2.24, 2.45) is 0 Å². The first-order valence-electron chi connectivity index (χ1n) is 6.97. The number of anilines is 1. The summed E-state index contributed by atoms with van der Waals surface area (Å²) in [4.78, 5) is 4.75. The number of aromatic nitrogens is 2. The average Bonchev–Trinajstić information content (AvgIpc) is 2.71.